The highest BCUT2D eigenvalue weighted by atomic mass is 16.5. The number of nitrogens with one attached hydrogen (secondary N) is 1. The van der Waals surface area contributed by atoms with Crippen LogP contribution >= 0.6 is 0 Å². The van der Waals surface area contributed by atoms with E-state index in [1.807, 2.05) is 24.3 Å². The van der Waals surface area contributed by atoms with Gasteiger partial charge < -0.3 is 10.1 Å². The van der Waals surface area contributed by atoms with Gasteiger partial charge in [0.1, 0.15) is 5.75 Å². The van der Waals surface area contributed by atoms with E-state index in [0.29, 0.717) is 25.4 Å². The number of rotatable bonds is 6. The first-order valence-electron chi connectivity index (χ1n) is 10.1. The Morgan fingerprint density at radius 3 is 2.79 bits per heavy atom. The molecular weight excluding hydrogens is 350 g/mol. The summed E-state index contributed by atoms with van der Waals surface area (Å²) in [6.45, 7) is 1.36. The molecule has 1 atom stereocenters. The van der Waals surface area contributed by atoms with Gasteiger partial charge in [-0.3, -0.25) is 4.79 Å². The molecule has 2 aliphatic rings. The number of carbonyl (C=O) groups excluding carboxylic acids is 1. The van der Waals surface area contributed by atoms with Crippen molar-refractivity contribution >= 4 is 11.6 Å². The minimum atomic E-state index is 0.111. The van der Waals surface area contributed by atoms with E-state index >= 15 is 0 Å². The molecule has 2 aromatic rings. The van der Waals surface area contributed by atoms with E-state index in [4.69, 9.17) is 4.74 Å². The Labute approximate surface area is 166 Å². The van der Waals surface area contributed by atoms with Crippen molar-refractivity contribution in [1.29, 1.82) is 0 Å². The number of methoxy groups -OCH3 is 1. The van der Waals surface area contributed by atoms with Gasteiger partial charge in [0, 0.05) is 25.4 Å². The molecule has 5 nitrogen and oxygen atoms in total. The van der Waals surface area contributed by atoms with Crippen molar-refractivity contribution in [2.45, 2.75) is 38.1 Å². The van der Waals surface area contributed by atoms with Crippen LogP contribution in [-0.4, -0.2) is 42.9 Å². The molecule has 0 unspecified atom stereocenters. The zero-order valence-corrected chi connectivity index (χ0v) is 16.4. The molecule has 28 heavy (non-hydrogen) atoms. The Balaban J connectivity index is 1.33. The maximum Gasteiger partial charge on any atom is 0.243 e. The van der Waals surface area contributed by atoms with Crippen LogP contribution in [0.4, 0.5) is 0 Å². The largest absolute Gasteiger partial charge is 0.497 e. The fourth-order valence-electron chi connectivity index (χ4n) is 4.02. The number of aryl methyl sites for hydroxylation is 1. The van der Waals surface area contributed by atoms with Gasteiger partial charge in [-0.25, -0.2) is 5.01 Å². The summed E-state index contributed by atoms with van der Waals surface area (Å²) in [5.41, 5.74) is 4.88. The molecule has 1 amide bonds. The van der Waals surface area contributed by atoms with Gasteiger partial charge in [-0.05, 0) is 48.1 Å². The number of fused-ring (bicyclic) bond motifs is 1. The summed E-state index contributed by atoms with van der Waals surface area (Å²) in [7, 11) is 1.71. The summed E-state index contributed by atoms with van der Waals surface area (Å²) >= 11 is 0. The van der Waals surface area contributed by atoms with Gasteiger partial charge in [0.25, 0.3) is 0 Å². The molecule has 1 heterocycles. The zero-order valence-electron chi connectivity index (χ0n) is 16.4. The number of hydrogen-bond acceptors (Lipinski definition) is 4. The average Bonchev–Trinajstić information content (AvgIpc) is 2.75. The molecular formula is C23H27N3O2. The quantitative estimate of drug-likeness (QED) is 0.841. The van der Waals surface area contributed by atoms with E-state index in [0.717, 1.165) is 42.8 Å². The van der Waals surface area contributed by atoms with E-state index in [9.17, 15) is 4.79 Å². The first-order valence-corrected chi connectivity index (χ1v) is 10.1. The van der Waals surface area contributed by atoms with Gasteiger partial charge in [0.2, 0.25) is 5.91 Å². The van der Waals surface area contributed by atoms with Crippen LogP contribution in [-0.2, 0) is 17.6 Å². The third-order valence-electron chi connectivity index (χ3n) is 5.61. The van der Waals surface area contributed by atoms with Crippen LogP contribution in [0.25, 0.3) is 0 Å². The predicted octanol–water partition coefficient (Wildman–Crippen LogP) is 3.17. The third-order valence-corrected chi connectivity index (χ3v) is 5.61. The van der Waals surface area contributed by atoms with Crippen molar-refractivity contribution in [3.8, 4) is 5.75 Å². The van der Waals surface area contributed by atoms with Crippen LogP contribution < -0.4 is 10.1 Å². The number of nitrogens with zero attached hydrogens (tertiary/aromatic N) is 2. The number of ether oxygens (including phenoxy) is 1. The van der Waals surface area contributed by atoms with Crippen molar-refractivity contribution < 1.29 is 9.53 Å². The summed E-state index contributed by atoms with van der Waals surface area (Å²) in [5, 5.41) is 9.87. The maximum atomic E-state index is 12.3. The Bertz CT molecular complexity index is 863. The van der Waals surface area contributed by atoms with E-state index in [1.54, 1.807) is 12.1 Å². The molecule has 2 aromatic carbocycles. The summed E-state index contributed by atoms with van der Waals surface area (Å²) in [6, 6.07) is 16.9. The van der Waals surface area contributed by atoms with Gasteiger partial charge >= 0.3 is 0 Å². The van der Waals surface area contributed by atoms with Gasteiger partial charge in [-0.2, -0.15) is 5.10 Å². The van der Waals surface area contributed by atoms with E-state index in [1.165, 1.54) is 11.1 Å². The molecule has 0 saturated heterocycles. The molecule has 0 radical (unpaired) electrons. The van der Waals surface area contributed by atoms with Crippen LogP contribution in [0.5, 0.6) is 5.75 Å². The lowest BCUT2D eigenvalue weighted by Gasteiger charge is -2.28. The Kier molecular flexibility index (Phi) is 5.72. The van der Waals surface area contributed by atoms with Crippen LogP contribution in [0.15, 0.2) is 53.6 Å². The molecule has 4 rings (SSSR count). The van der Waals surface area contributed by atoms with Crippen molar-refractivity contribution in [3.05, 3.63) is 65.2 Å². The summed E-state index contributed by atoms with van der Waals surface area (Å²) < 4.78 is 5.36. The van der Waals surface area contributed by atoms with Crippen molar-refractivity contribution in [1.82, 2.24) is 10.3 Å². The lowest BCUT2D eigenvalue weighted by molar-refractivity contribution is -0.131. The number of benzene rings is 2. The van der Waals surface area contributed by atoms with Crippen LogP contribution in [0.3, 0.4) is 0 Å². The predicted molar refractivity (Wildman–Crippen MR) is 111 cm³/mol. The third kappa shape index (κ3) is 4.25. The van der Waals surface area contributed by atoms with E-state index < -0.39 is 0 Å². The number of carbonyl (C=O) groups is 1. The van der Waals surface area contributed by atoms with E-state index in [-0.39, 0.29) is 5.91 Å². The van der Waals surface area contributed by atoms with Gasteiger partial charge in [0.15, 0.2) is 0 Å². The zero-order chi connectivity index (χ0) is 19.3. The lowest BCUT2D eigenvalue weighted by atomic mass is 9.88. The fourth-order valence-corrected chi connectivity index (χ4v) is 4.02. The standard InChI is InChI=1S/C23H27N3O2/c1-28-21-10-8-17-7-9-20(15-19(17)16-21)24-13-14-26-23(27)12-11-22(25-26)18-5-3-2-4-6-18/h2-6,8,10,16,20,24H,7,9,11-15H2,1H3/t20-/m1/s1. The van der Waals surface area contributed by atoms with Crippen LogP contribution in [0.2, 0.25) is 0 Å². The SMILES string of the molecule is COc1ccc2c(c1)C[C@H](NCCN1N=C(c3ccccc3)CCC1=O)CC2. The Morgan fingerprint density at radius 1 is 1.11 bits per heavy atom. The van der Waals surface area contributed by atoms with Crippen molar-refractivity contribution in [2.24, 2.45) is 5.10 Å². The lowest BCUT2D eigenvalue weighted by Crippen LogP contribution is -2.41. The molecule has 5 heteroatoms. The highest BCUT2D eigenvalue weighted by Crippen LogP contribution is 2.25. The molecule has 1 aliphatic heterocycles. The topological polar surface area (TPSA) is 53.9 Å². The van der Waals surface area contributed by atoms with Gasteiger partial charge in [-0.15, -0.1) is 0 Å². The first kappa shape index (κ1) is 18.7. The molecule has 0 bridgehead atoms. The van der Waals surface area contributed by atoms with Gasteiger partial charge in [-0.1, -0.05) is 36.4 Å². The Morgan fingerprint density at radius 2 is 1.96 bits per heavy atom. The molecule has 1 aliphatic carbocycles. The van der Waals surface area contributed by atoms with Crippen molar-refractivity contribution in [2.75, 3.05) is 20.2 Å². The minimum absolute atomic E-state index is 0.111. The second kappa shape index (κ2) is 8.57. The number of amides is 1. The second-order valence-corrected chi connectivity index (χ2v) is 7.46. The summed E-state index contributed by atoms with van der Waals surface area (Å²) in [5.74, 6) is 1.03. The average molecular weight is 377 g/mol. The smallest absolute Gasteiger partial charge is 0.243 e. The summed E-state index contributed by atoms with van der Waals surface area (Å²) in [4.78, 5) is 12.3. The highest BCUT2D eigenvalue weighted by molar-refractivity contribution is 6.04. The van der Waals surface area contributed by atoms with Crippen molar-refractivity contribution in [3.63, 3.8) is 0 Å². The second-order valence-electron chi connectivity index (χ2n) is 7.46. The molecule has 0 saturated carbocycles. The number of hydrazone groups is 1. The molecule has 0 spiro atoms. The van der Waals surface area contributed by atoms with E-state index in [2.05, 4.69) is 34.7 Å². The molecule has 0 fully saturated rings. The maximum absolute atomic E-state index is 12.3. The minimum Gasteiger partial charge on any atom is -0.497 e. The Hall–Kier alpha value is -2.66. The fraction of sp³-hybridized carbons (Fsp3) is 0.391. The number of hydrogen-bond donors (Lipinski definition) is 1. The highest BCUT2D eigenvalue weighted by Gasteiger charge is 2.22. The summed E-state index contributed by atoms with van der Waals surface area (Å²) in [6.07, 6.45) is 4.44. The monoisotopic (exact) mass is 377 g/mol. The van der Waals surface area contributed by atoms with Crippen LogP contribution in [0, 0.1) is 0 Å². The molecule has 0 aromatic heterocycles. The normalized spacial score (nSPS) is 19.2. The van der Waals surface area contributed by atoms with Crippen LogP contribution in [0.1, 0.15) is 36.0 Å². The van der Waals surface area contributed by atoms with Gasteiger partial charge in [0.05, 0.1) is 19.4 Å². The molecule has 1 N–H and O–H groups in total. The molecule has 146 valence electrons. The first-order chi connectivity index (χ1) is 13.7.